The fourth-order valence-electron chi connectivity index (χ4n) is 2.56. The van der Waals surface area contributed by atoms with Crippen molar-refractivity contribution in [2.75, 3.05) is 25.5 Å². The van der Waals surface area contributed by atoms with Crippen LogP contribution in [-0.4, -0.2) is 42.7 Å². The van der Waals surface area contributed by atoms with Crippen molar-refractivity contribution >= 4 is 23.3 Å². The first kappa shape index (κ1) is 19.9. The van der Waals surface area contributed by atoms with Crippen LogP contribution in [0.5, 0.6) is 5.75 Å². The zero-order valence-electron chi connectivity index (χ0n) is 15.4. The van der Waals surface area contributed by atoms with Crippen LogP contribution in [0.4, 0.5) is 5.69 Å². The third-order valence-electron chi connectivity index (χ3n) is 3.97. The molecule has 0 aliphatic rings. The van der Waals surface area contributed by atoms with Crippen LogP contribution in [0.1, 0.15) is 22.8 Å². The van der Waals surface area contributed by atoms with Crippen LogP contribution in [0.3, 0.4) is 0 Å². The fraction of sp³-hybridized carbons (Fsp3) is 0.190. The zero-order chi connectivity index (χ0) is 19.8. The Kier molecular flexibility index (Phi) is 6.88. The molecule has 0 radical (unpaired) electrons. The van der Waals surface area contributed by atoms with E-state index in [1.807, 2.05) is 6.07 Å². The SMILES string of the molecule is C=CC(=O)N(CC)CC(=O)Nc1ccc(OC)c(C(=O)c2ccccc2)c1. The minimum Gasteiger partial charge on any atom is -0.496 e. The summed E-state index contributed by atoms with van der Waals surface area (Å²) in [7, 11) is 1.48. The van der Waals surface area contributed by atoms with Gasteiger partial charge in [0, 0.05) is 17.8 Å². The van der Waals surface area contributed by atoms with Crippen molar-refractivity contribution in [2.45, 2.75) is 6.92 Å². The van der Waals surface area contributed by atoms with Gasteiger partial charge in [0.1, 0.15) is 12.3 Å². The molecule has 0 spiro atoms. The van der Waals surface area contributed by atoms with Gasteiger partial charge in [-0.15, -0.1) is 0 Å². The Morgan fingerprint density at radius 1 is 1.15 bits per heavy atom. The summed E-state index contributed by atoms with van der Waals surface area (Å²) >= 11 is 0. The number of methoxy groups -OCH3 is 1. The number of carbonyl (C=O) groups is 3. The number of rotatable bonds is 8. The molecule has 2 rings (SSSR count). The first-order valence-electron chi connectivity index (χ1n) is 8.49. The lowest BCUT2D eigenvalue weighted by Gasteiger charge is -2.18. The lowest BCUT2D eigenvalue weighted by molar-refractivity contribution is -0.130. The van der Waals surface area contributed by atoms with Gasteiger partial charge < -0.3 is 15.0 Å². The lowest BCUT2D eigenvalue weighted by Crippen LogP contribution is -2.36. The number of benzene rings is 2. The number of ether oxygens (including phenoxy) is 1. The zero-order valence-corrected chi connectivity index (χ0v) is 15.4. The molecule has 2 aromatic rings. The molecule has 6 heteroatoms. The summed E-state index contributed by atoms with van der Waals surface area (Å²) in [6.07, 6.45) is 1.17. The Morgan fingerprint density at radius 3 is 2.44 bits per heavy atom. The second-order valence-electron chi connectivity index (χ2n) is 5.71. The molecule has 0 aliphatic heterocycles. The molecule has 0 unspecified atom stereocenters. The maximum absolute atomic E-state index is 12.8. The Balaban J connectivity index is 2.21. The summed E-state index contributed by atoms with van der Waals surface area (Å²) in [4.78, 5) is 38.1. The largest absolute Gasteiger partial charge is 0.496 e. The summed E-state index contributed by atoms with van der Waals surface area (Å²) in [6.45, 7) is 5.49. The Bertz CT molecular complexity index is 847. The smallest absolute Gasteiger partial charge is 0.246 e. The van der Waals surface area contributed by atoms with Gasteiger partial charge >= 0.3 is 0 Å². The van der Waals surface area contributed by atoms with E-state index >= 15 is 0 Å². The van der Waals surface area contributed by atoms with Crippen molar-refractivity contribution in [3.63, 3.8) is 0 Å². The normalized spacial score (nSPS) is 10.0. The molecule has 2 amide bonds. The van der Waals surface area contributed by atoms with E-state index in [2.05, 4.69) is 11.9 Å². The number of nitrogens with zero attached hydrogens (tertiary/aromatic N) is 1. The highest BCUT2D eigenvalue weighted by Gasteiger charge is 2.17. The van der Waals surface area contributed by atoms with Crippen LogP contribution < -0.4 is 10.1 Å². The van der Waals surface area contributed by atoms with E-state index in [0.717, 1.165) is 0 Å². The van der Waals surface area contributed by atoms with Crippen molar-refractivity contribution in [3.05, 3.63) is 72.3 Å². The van der Waals surface area contributed by atoms with Gasteiger partial charge in [0.15, 0.2) is 5.78 Å². The molecule has 0 aliphatic carbocycles. The van der Waals surface area contributed by atoms with E-state index in [-0.39, 0.29) is 24.1 Å². The minimum atomic E-state index is -0.365. The van der Waals surface area contributed by atoms with E-state index < -0.39 is 0 Å². The Labute approximate surface area is 158 Å². The molecular formula is C21H22N2O4. The molecule has 2 aromatic carbocycles. The topological polar surface area (TPSA) is 75.7 Å². The average Bonchev–Trinajstić information content (AvgIpc) is 2.71. The molecule has 0 fully saturated rings. The molecular weight excluding hydrogens is 344 g/mol. The monoisotopic (exact) mass is 366 g/mol. The number of ketones is 1. The summed E-state index contributed by atoms with van der Waals surface area (Å²) in [5.41, 5.74) is 1.31. The highest BCUT2D eigenvalue weighted by molar-refractivity contribution is 6.11. The van der Waals surface area contributed by atoms with Crippen LogP contribution in [-0.2, 0) is 9.59 Å². The minimum absolute atomic E-state index is 0.102. The van der Waals surface area contributed by atoms with Crippen molar-refractivity contribution < 1.29 is 19.1 Å². The molecule has 140 valence electrons. The summed E-state index contributed by atoms with van der Waals surface area (Å²) in [6, 6.07) is 13.7. The van der Waals surface area contributed by atoms with E-state index in [1.54, 1.807) is 49.4 Å². The van der Waals surface area contributed by atoms with E-state index in [1.165, 1.54) is 18.1 Å². The van der Waals surface area contributed by atoms with Gasteiger partial charge in [-0.3, -0.25) is 14.4 Å². The Morgan fingerprint density at radius 2 is 1.85 bits per heavy atom. The molecule has 1 N–H and O–H groups in total. The number of anilines is 1. The fourth-order valence-corrected chi connectivity index (χ4v) is 2.56. The highest BCUT2D eigenvalue weighted by Crippen LogP contribution is 2.25. The number of nitrogens with one attached hydrogen (secondary N) is 1. The van der Waals surface area contributed by atoms with Crippen molar-refractivity contribution in [1.29, 1.82) is 0 Å². The number of amides is 2. The molecule has 0 atom stereocenters. The van der Waals surface area contributed by atoms with Gasteiger partial charge in [0.2, 0.25) is 11.8 Å². The van der Waals surface area contributed by atoms with Crippen LogP contribution in [0.25, 0.3) is 0 Å². The van der Waals surface area contributed by atoms with Gasteiger partial charge in [-0.25, -0.2) is 0 Å². The van der Waals surface area contributed by atoms with Gasteiger partial charge in [-0.05, 0) is 31.2 Å². The maximum Gasteiger partial charge on any atom is 0.246 e. The standard InChI is InChI=1S/C21H22N2O4/c1-4-20(25)23(5-2)14-19(24)22-16-11-12-18(27-3)17(13-16)21(26)15-9-7-6-8-10-15/h4,6-13H,1,5,14H2,2-3H3,(H,22,24). The van der Waals surface area contributed by atoms with Crippen LogP contribution in [0, 0.1) is 0 Å². The van der Waals surface area contributed by atoms with Gasteiger partial charge in [0.05, 0.1) is 12.7 Å². The third-order valence-corrected chi connectivity index (χ3v) is 3.97. The van der Waals surface area contributed by atoms with Crippen molar-refractivity contribution in [2.24, 2.45) is 0 Å². The average molecular weight is 366 g/mol. The van der Waals surface area contributed by atoms with Crippen molar-refractivity contribution in [1.82, 2.24) is 4.90 Å². The molecule has 0 saturated heterocycles. The van der Waals surface area contributed by atoms with Gasteiger partial charge in [-0.2, -0.15) is 0 Å². The number of likely N-dealkylation sites (N-methyl/N-ethyl adjacent to an activating group) is 1. The maximum atomic E-state index is 12.8. The molecule has 0 saturated carbocycles. The summed E-state index contributed by atoms with van der Waals surface area (Å²) in [5.74, 6) is -0.475. The molecule has 0 heterocycles. The van der Waals surface area contributed by atoms with Crippen LogP contribution in [0.15, 0.2) is 61.2 Å². The summed E-state index contributed by atoms with van der Waals surface area (Å²) in [5, 5.41) is 2.71. The summed E-state index contributed by atoms with van der Waals surface area (Å²) < 4.78 is 5.28. The lowest BCUT2D eigenvalue weighted by atomic mass is 10.0. The quantitative estimate of drug-likeness (QED) is 0.576. The van der Waals surface area contributed by atoms with E-state index in [9.17, 15) is 14.4 Å². The predicted octanol–water partition coefficient (Wildman–Crippen LogP) is 2.90. The van der Waals surface area contributed by atoms with Gasteiger partial charge in [-0.1, -0.05) is 36.9 Å². The molecule has 0 bridgehead atoms. The molecule has 27 heavy (non-hydrogen) atoms. The predicted molar refractivity (Wildman–Crippen MR) is 104 cm³/mol. The van der Waals surface area contributed by atoms with E-state index in [0.29, 0.717) is 29.1 Å². The van der Waals surface area contributed by atoms with Gasteiger partial charge in [0.25, 0.3) is 0 Å². The molecule has 6 nitrogen and oxygen atoms in total. The van der Waals surface area contributed by atoms with Crippen LogP contribution >= 0.6 is 0 Å². The second-order valence-corrected chi connectivity index (χ2v) is 5.71. The third kappa shape index (κ3) is 5.04. The first-order chi connectivity index (χ1) is 13.0. The number of hydrogen-bond acceptors (Lipinski definition) is 4. The van der Waals surface area contributed by atoms with Crippen LogP contribution in [0.2, 0.25) is 0 Å². The highest BCUT2D eigenvalue weighted by atomic mass is 16.5. The number of carbonyl (C=O) groups excluding carboxylic acids is 3. The molecule has 0 aromatic heterocycles. The van der Waals surface area contributed by atoms with Crippen molar-refractivity contribution in [3.8, 4) is 5.75 Å². The first-order valence-corrected chi connectivity index (χ1v) is 8.49. The second kappa shape index (κ2) is 9.33. The number of hydrogen-bond donors (Lipinski definition) is 1. The van der Waals surface area contributed by atoms with E-state index in [4.69, 9.17) is 4.74 Å². The Hall–Kier alpha value is -3.41.